The molecule has 176 valence electrons. The number of ketones is 1. The Morgan fingerprint density at radius 3 is 2.72 bits per heavy atom. The zero-order valence-corrected chi connectivity index (χ0v) is 19.3. The van der Waals surface area contributed by atoms with Crippen LogP contribution in [0.4, 0.5) is 5.69 Å². The number of aryl methyl sites for hydroxylation is 1. The van der Waals surface area contributed by atoms with Gasteiger partial charge in [0.25, 0.3) is 5.56 Å². The fourth-order valence-electron chi connectivity index (χ4n) is 4.44. The number of nitrogens with one attached hydrogen (secondary N) is 1. The fourth-order valence-corrected chi connectivity index (χ4v) is 4.44. The number of allylic oxidation sites excluding steroid dienone is 1. The topological polar surface area (TPSA) is 102 Å². The molecular formula is C28H21N5O3. The summed E-state index contributed by atoms with van der Waals surface area (Å²) in [5, 5.41) is 19.0. The Morgan fingerprint density at radius 1 is 1.03 bits per heavy atom. The van der Waals surface area contributed by atoms with Crippen molar-refractivity contribution < 1.29 is 9.90 Å². The highest BCUT2D eigenvalue weighted by atomic mass is 16.3. The second kappa shape index (κ2) is 8.44. The molecule has 2 N–H and O–H groups in total. The third kappa shape index (κ3) is 3.70. The summed E-state index contributed by atoms with van der Waals surface area (Å²) in [5.41, 5.74) is 4.60. The molecule has 1 atom stereocenters. The number of hydrogen-bond donors (Lipinski definition) is 2. The Hall–Kier alpha value is -4.82. The molecule has 5 aromatic rings. The monoisotopic (exact) mass is 475 g/mol. The van der Waals surface area contributed by atoms with E-state index in [-0.39, 0.29) is 17.0 Å². The normalized spacial score (nSPS) is 15.4. The first-order valence-corrected chi connectivity index (χ1v) is 11.4. The summed E-state index contributed by atoms with van der Waals surface area (Å²) >= 11 is 0. The summed E-state index contributed by atoms with van der Waals surface area (Å²) < 4.78 is 3.41. The van der Waals surface area contributed by atoms with E-state index in [1.165, 1.54) is 24.3 Å². The number of aromatic nitrogens is 4. The summed E-state index contributed by atoms with van der Waals surface area (Å²) in [4.78, 5) is 30.2. The Balaban J connectivity index is 1.56. The van der Waals surface area contributed by atoms with E-state index in [0.717, 1.165) is 33.1 Å². The van der Waals surface area contributed by atoms with Gasteiger partial charge in [-0.1, -0.05) is 6.07 Å². The molecule has 0 bridgehead atoms. The summed E-state index contributed by atoms with van der Waals surface area (Å²) in [6, 6.07) is 16.6. The Morgan fingerprint density at radius 2 is 1.89 bits per heavy atom. The Labute approximate surface area is 205 Å². The number of hydrogen-bond acceptors (Lipinski definition) is 6. The number of rotatable bonds is 4. The van der Waals surface area contributed by atoms with Crippen molar-refractivity contribution >= 4 is 33.3 Å². The quantitative estimate of drug-likeness (QED) is 0.383. The smallest absolute Gasteiger partial charge is 0.255 e. The van der Waals surface area contributed by atoms with Crippen molar-refractivity contribution in [1.82, 2.24) is 19.3 Å². The van der Waals surface area contributed by atoms with Gasteiger partial charge in [0.1, 0.15) is 0 Å². The van der Waals surface area contributed by atoms with Gasteiger partial charge in [0.05, 0.1) is 34.2 Å². The maximum atomic E-state index is 13.3. The number of carbonyl (C=O) groups is 1. The van der Waals surface area contributed by atoms with E-state index in [1.807, 2.05) is 55.6 Å². The van der Waals surface area contributed by atoms with Crippen LogP contribution in [-0.2, 0) is 4.79 Å². The third-order valence-electron chi connectivity index (χ3n) is 6.27. The summed E-state index contributed by atoms with van der Waals surface area (Å²) in [6.07, 6.45) is 8.74. The molecule has 6 rings (SSSR count). The van der Waals surface area contributed by atoms with E-state index in [2.05, 4.69) is 15.4 Å². The molecule has 8 nitrogen and oxygen atoms in total. The second-order valence-electron chi connectivity index (χ2n) is 8.64. The molecule has 0 fully saturated rings. The van der Waals surface area contributed by atoms with Crippen molar-refractivity contribution in [3.63, 3.8) is 0 Å². The Kier molecular flexibility index (Phi) is 5.09. The molecule has 0 radical (unpaired) electrons. The van der Waals surface area contributed by atoms with E-state index < -0.39 is 6.10 Å². The molecule has 0 saturated carbocycles. The lowest BCUT2D eigenvalue weighted by Gasteiger charge is -2.18. The molecule has 1 unspecified atom stereocenters. The number of aliphatic hydroxyl groups excluding tert-OH is 1. The lowest BCUT2D eigenvalue weighted by Crippen LogP contribution is -2.19. The van der Waals surface area contributed by atoms with Crippen LogP contribution in [0.25, 0.3) is 33.2 Å². The molecule has 1 aliphatic carbocycles. The lowest BCUT2D eigenvalue weighted by molar-refractivity contribution is -0.111. The molecular weight excluding hydrogens is 454 g/mol. The molecule has 0 amide bonds. The van der Waals surface area contributed by atoms with Gasteiger partial charge in [0, 0.05) is 41.1 Å². The van der Waals surface area contributed by atoms with Crippen LogP contribution in [-0.4, -0.2) is 36.3 Å². The van der Waals surface area contributed by atoms with E-state index in [4.69, 9.17) is 0 Å². The molecule has 3 aromatic heterocycles. The Bertz CT molecular complexity index is 1780. The second-order valence-corrected chi connectivity index (χ2v) is 8.64. The van der Waals surface area contributed by atoms with Crippen molar-refractivity contribution in [1.29, 1.82) is 0 Å². The maximum Gasteiger partial charge on any atom is 0.255 e. The minimum Gasteiger partial charge on any atom is -0.385 e. The first-order valence-electron chi connectivity index (χ1n) is 11.4. The third-order valence-corrected chi connectivity index (χ3v) is 6.27. The van der Waals surface area contributed by atoms with Crippen LogP contribution in [0.1, 0.15) is 5.56 Å². The molecule has 2 aromatic carbocycles. The van der Waals surface area contributed by atoms with Gasteiger partial charge < -0.3 is 10.4 Å². The van der Waals surface area contributed by atoms with Crippen LogP contribution in [0.15, 0.2) is 102 Å². The van der Waals surface area contributed by atoms with E-state index >= 15 is 0 Å². The minimum atomic E-state index is -0.836. The number of anilines is 1. The van der Waals surface area contributed by atoms with Gasteiger partial charge >= 0.3 is 0 Å². The van der Waals surface area contributed by atoms with E-state index in [0.29, 0.717) is 11.4 Å². The molecule has 1 aliphatic rings. The average molecular weight is 476 g/mol. The number of nitrogens with zero attached hydrogens (tertiary/aromatic N) is 4. The van der Waals surface area contributed by atoms with E-state index in [9.17, 15) is 14.7 Å². The zero-order valence-electron chi connectivity index (χ0n) is 19.3. The molecule has 36 heavy (non-hydrogen) atoms. The lowest BCUT2D eigenvalue weighted by atomic mass is 10.1. The summed E-state index contributed by atoms with van der Waals surface area (Å²) in [6.45, 7) is 1.91. The molecule has 0 spiro atoms. The number of pyridine rings is 2. The van der Waals surface area contributed by atoms with Crippen LogP contribution >= 0.6 is 0 Å². The van der Waals surface area contributed by atoms with Crippen molar-refractivity contribution in [3.8, 4) is 11.4 Å². The summed E-state index contributed by atoms with van der Waals surface area (Å²) in [7, 11) is 0. The standard InChI is InChI=1S/C28H21N5O3/c1-17-3-5-20(14-24(17)31-25-15-21(34)7-9-26(25)35)33-27(36)10-4-18-16-29-23-8-6-19(13-22(23)28(18)33)32-12-2-11-30-32/h2-16,21,31,34H,1H3. The van der Waals surface area contributed by atoms with Crippen LogP contribution in [0, 0.1) is 6.92 Å². The summed E-state index contributed by atoms with van der Waals surface area (Å²) in [5.74, 6) is -0.226. The highest BCUT2D eigenvalue weighted by molar-refractivity contribution is 6.07. The molecule has 8 heteroatoms. The first kappa shape index (κ1) is 21.7. The molecule has 0 saturated heterocycles. The number of carbonyl (C=O) groups excluding carboxylic acids is 1. The van der Waals surface area contributed by atoms with Gasteiger partial charge in [-0.15, -0.1) is 0 Å². The fraction of sp³-hybridized carbons (Fsp3) is 0.0714. The predicted octanol–water partition coefficient (Wildman–Crippen LogP) is 3.83. The SMILES string of the molecule is Cc1ccc(-n2c(=O)ccc3cnc4ccc(-n5cccn5)cc4c32)cc1NC1=CC(O)C=CC1=O. The first-order chi connectivity index (χ1) is 17.5. The molecule has 3 heterocycles. The van der Waals surface area contributed by atoms with Gasteiger partial charge in [-0.25, -0.2) is 4.68 Å². The van der Waals surface area contributed by atoms with Crippen LogP contribution < -0.4 is 10.9 Å². The van der Waals surface area contributed by atoms with Crippen molar-refractivity contribution in [3.05, 3.63) is 113 Å². The molecule has 0 aliphatic heterocycles. The average Bonchev–Trinajstić information content (AvgIpc) is 3.42. The van der Waals surface area contributed by atoms with Crippen molar-refractivity contribution in [2.75, 3.05) is 5.32 Å². The highest BCUT2D eigenvalue weighted by Crippen LogP contribution is 2.29. The van der Waals surface area contributed by atoms with Gasteiger partial charge in [-0.05, 0) is 73.2 Å². The maximum absolute atomic E-state index is 13.3. The van der Waals surface area contributed by atoms with E-state index in [1.54, 1.807) is 27.7 Å². The van der Waals surface area contributed by atoms with Crippen molar-refractivity contribution in [2.45, 2.75) is 13.0 Å². The number of benzene rings is 2. The van der Waals surface area contributed by atoms with Gasteiger partial charge in [-0.3, -0.25) is 19.1 Å². The van der Waals surface area contributed by atoms with Crippen LogP contribution in [0.3, 0.4) is 0 Å². The minimum absolute atomic E-state index is 0.194. The van der Waals surface area contributed by atoms with Crippen LogP contribution in [0.5, 0.6) is 0 Å². The van der Waals surface area contributed by atoms with Crippen molar-refractivity contribution in [2.24, 2.45) is 0 Å². The largest absolute Gasteiger partial charge is 0.385 e. The van der Waals surface area contributed by atoms with Gasteiger partial charge in [0.15, 0.2) is 0 Å². The number of fused-ring (bicyclic) bond motifs is 3. The van der Waals surface area contributed by atoms with Gasteiger partial charge in [-0.2, -0.15) is 5.10 Å². The van der Waals surface area contributed by atoms with Crippen LogP contribution in [0.2, 0.25) is 0 Å². The predicted molar refractivity (Wildman–Crippen MR) is 139 cm³/mol. The van der Waals surface area contributed by atoms with Gasteiger partial charge in [0.2, 0.25) is 5.78 Å². The number of aliphatic hydroxyl groups is 1. The highest BCUT2D eigenvalue weighted by Gasteiger charge is 2.16. The zero-order chi connectivity index (χ0) is 24.8.